The molecule has 0 N–H and O–H groups in total. The minimum atomic E-state index is 0.840. The van der Waals surface area contributed by atoms with Gasteiger partial charge in [0.2, 0.25) is 0 Å². The molecular weight excluding hydrogens is 126 g/mol. The Kier molecular flexibility index (Phi) is 3.28. The maximum atomic E-state index is 5.17. The first-order valence-corrected chi connectivity index (χ1v) is 3.48. The quantitative estimate of drug-likeness (QED) is 0.478. The van der Waals surface area contributed by atoms with Gasteiger partial charge in [-0.25, -0.2) is 0 Å². The smallest absolute Gasteiger partial charge is 0.0603 e. The van der Waals surface area contributed by atoms with E-state index in [2.05, 4.69) is 23.7 Å². The molecule has 2 nitrogen and oxygen atoms in total. The minimum Gasteiger partial charge on any atom is -0.379 e. The van der Waals surface area contributed by atoms with E-state index >= 15 is 0 Å². The highest BCUT2D eigenvalue weighted by Gasteiger charge is 2.07. The van der Waals surface area contributed by atoms with E-state index in [0.717, 1.165) is 32.8 Å². The monoisotopic (exact) mass is 138 g/mol. The Bertz CT molecular complexity index is 139. The molecule has 0 saturated carbocycles. The maximum absolute atomic E-state index is 5.17. The summed E-state index contributed by atoms with van der Waals surface area (Å²) >= 11 is 0. The van der Waals surface area contributed by atoms with E-state index in [4.69, 9.17) is 4.74 Å². The molecule has 1 saturated heterocycles. The second-order valence-corrected chi connectivity index (χ2v) is 2.24. The van der Waals surface area contributed by atoms with Crippen molar-refractivity contribution in [2.75, 3.05) is 32.8 Å². The fraction of sp³-hybridized carbons (Fsp3) is 0.625. The molecule has 1 heterocycles. The zero-order valence-electron chi connectivity index (χ0n) is 6.10. The van der Waals surface area contributed by atoms with Gasteiger partial charge >= 0.3 is 0 Å². The molecule has 1 aliphatic rings. The molecule has 10 heavy (non-hydrogen) atoms. The molecule has 0 unspecified atom stereocenters. The third-order valence-corrected chi connectivity index (χ3v) is 1.53. The third-order valence-electron chi connectivity index (χ3n) is 1.53. The number of hydrogen-bond donors (Lipinski definition) is 0. The first kappa shape index (κ1) is 7.59. The van der Waals surface area contributed by atoms with Crippen LogP contribution < -0.4 is 0 Å². The molecule has 0 atom stereocenters. The van der Waals surface area contributed by atoms with Crippen molar-refractivity contribution in [2.24, 2.45) is 0 Å². The molecule has 1 radical (unpaired) electrons. The summed E-state index contributed by atoms with van der Waals surface area (Å²) in [4.78, 5) is 2.27. The van der Waals surface area contributed by atoms with Gasteiger partial charge in [0.1, 0.15) is 0 Å². The van der Waals surface area contributed by atoms with Crippen LogP contribution in [0.15, 0.2) is 0 Å². The van der Waals surface area contributed by atoms with Crippen LogP contribution in [0.2, 0.25) is 0 Å². The van der Waals surface area contributed by atoms with Crippen LogP contribution >= 0.6 is 0 Å². The second kappa shape index (κ2) is 4.32. The highest BCUT2D eigenvalue weighted by Crippen LogP contribution is 1.93. The van der Waals surface area contributed by atoms with Crippen molar-refractivity contribution in [3.05, 3.63) is 6.92 Å². The predicted molar refractivity (Wildman–Crippen MR) is 40.4 cm³/mol. The average Bonchev–Trinajstić information content (AvgIpc) is 2.03. The minimum absolute atomic E-state index is 0.840. The first-order chi connectivity index (χ1) is 4.93. The Morgan fingerprint density at radius 1 is 1.40 bits per heavy atom. The fourth-order valence-electron chi connectivity index (χ4n) is 0.927. The van der Waals surface area contributed by atoms with E-state index in [1.165, 1.54) is 0 Å². The fourth-order valence-corrected chi connectivity index (χ4v) is 0.927. The van der Waals surface area contributed by atoms with Gasteiger partial charge in [-0.1, -0.05) is 5.92 Å². The predicted octanol–water partition coefficient (Wildman–Crippen LogP) is 0.156. The highest BCUT2D eigenvalue weighted by atomic mass is 16.5. The van der Waals surface area contributed by atoms with Gasteiger partial charge in [0, 0.05) is 20.0 Å². The summed E-state index contributed by atoms with van der Waals surface area (Å²) in [6, 6.07) is 0. The third kappa shape index (κ3) is 2.38. The van der Waals surface area contributed by atoms with Crippen LogP contribution in [0.1, 0.15) is 0 Å². The Labute approximate surface area is 62.2 Å². The number of ether oxygens (including phenoxy) is 1. The summed E-state index contributed by atoms with van der Waals surface area (Å²) in [5.74, 6) is 5.56. The Morgan fingerprint density at radius 2 is 2.10 bits per heavy atom. The molecule has 0 bridgehead atoms. The zero-order chi connectivity index (χ0) is 7.23. The summed E-state index contributed by atoms with van der Waals surface area (Å²) in [5.41, 5.74) is 0. The summed E-state index contributed by atoms with van der Waals surface area (Å²) in [7, 11) is 0. The largest absolute Gasteiger partial charge is 0.379 e. The Hall–Kier alpha value is -0.520. The van der Waals surface area contributed by atoms with Crippen LogP contribution in [-0.2, 0) is 4.74 Å². The molecule has 1 aliphatic heterocycles. The maximum Gasteiger partial charge on any atom is 0.0603 e. The molecule has 0 spiro atoms. The summed E-state index contributed by atoms with van der Waals surface area (Å²) in [6.45, 7) is 8.00. The van der Waals surface area contributed by atoms with E-state index in [9.17, 15) is 0 Å². The number of hydrogen-bond acceptors (Lipinski definition) is 2. The molecule has 0 aromatic carbocycles. The standard InChI is InChI=1S/C8H12NO/c1-2-3-4-9-5-7-10-8-6-9/h1,4-8H2. The molecule has 1 fully saturated rings. The van der Waals surface area contributed by atoms with Gasteiger partial charge in [-0.15, -0.1) is 5.92 Å². The van der Waals surface area contributed by atoms with E-state index in [-0.39, 0.29) is 0 Å². The lowest BCUT2D eigenvalue weighted by Gasteiger charge is -2.24. The Morgan fingerprint density at radius 3 is 2.70 bits per heavy atom. The topological polar surface area (TPSA) is 12.5 Å². The normalized spacial score (nSPS) is 19.7. The summed E-state index contributed by atoms with van der Waals surface area (Å²) in [6.07, 6.45) is 0. The number of rotatable bonds is 1. The molecular formula is C8H12NO. The molecule has 0 aliphatic carbocycles. The molecule has 2 heteroatoms. The first-order valence-electron chi connectivity index (χ1n) is 3.48. The highest BCUT2D eigenvalue weighted by molar-refractivity contribution is 5.03. The summed E-state index contributed by atoms with van der Waals surface area (Å²) < 4.78 is 5.17. The van der Waals surface area contributed by atoms with E-state index in [1.54, 1.807) is 0 Å². The van der Waals surface area contributed by atoms with Gasteiger partial charge in [0.05, 0.1) is 19.8 Å². The van der Waals surface area contributed by atoms with E-state index in [0.29, 0.717) is 0 Å². The summed E-state index contributed by atoms with van der Waals surface area (Å²) in [5, 5.41) is 0. The molecule has 55 valence electrons. The Balaban J connectivity index is 2.17. The lowest BCUT2D eigenvalue weighted by atomic mass is 10.4. The van der Waals surface area contributed by atoms with Crippen LogP contribution in [0.25, 0.3) is 0 Å². The lowest BCUT2D eigenvalue weighted by Crippen LogP contribution is -2.36. The van der Waals surface area contributed by atoms with Crippen LogP contribution in [0.5, 0.6) is 0 Å². The van der Waals surface area contributed by atoms with Gasteiger partial charge in [-0.05, 0) is 0 Å². The molecule has 1 rings (SSSR count). The van der Waals surface area contributed by atoms with Crippen molar-refractivity contribution in [2.45, 2.75) is 0 Å². The van der Waals surface area contributed by atoms with Crippen LogP contribution in [0.4, 0.5) is 0 Å². The average molecular weight is 138 g/mol. The SMILES string of the molecule is [CH2]C#CCN1CCOCC1. The van der Waals surface area contributed by atoms with Gasteiger partial charge in [0.15, 0.2) is 0 Å². The van der Waals surface area contributed by atoms with Gasteiger partial charge in [0.25, 0.3) is 0 Å². The van der Waals surface area contributed by atoms with Crippen molar-refractivity contribution in [3.63, 3.8) is 0 Å². The molecule has 0 aromatic rings. The van der Waals surface area contributed by atoms with Crippen molar-refractivity contribution in [3.8, 4) is 11.8 Å². The molecule has 0 aromatic heterocycles. The van der Waals surface area contributed by atoms with Crippen LogP contribution in [0, 0.1) is 18.8 Å². The lowest BCUT2D eigenvalue weighted by molar-refractivity contribution is 0.0443. The van der Waals surface area contributed by atoms with Gasteiger partial charge < -0.3 is 4.74 Å². The van der Waals surface area contributed by atoms with Crippen molar-refractivity contribution >= 4 is 0 Å². The number of morpholine rings is 1. The van der Waals surface area contributed by atoms with Crippen molar-refractivity contribution < 1.29 is 4.74 Å². The zero-order valence-corrected chi connectivity index (χ0v) is 6.10. The van der Waals surface area contributed by atoms with Crippen molar-refractivity contribution in [1.29, 1.82) is 0 Å². The van der Waals surface area contributed by atoms with E-state index in [1.807, 2.05) is 0 Å². The van der Waals surface area contributed by atoms with Crippen LogP contribution in [-0.4, -0.2) is 37.7 Å². The van der Waals surface area contributed by atoms with Crippen LogP contribution in [0.3, 0.4) is 0 Å². The van der Waals surface area contributed by atoms with Crippen molar-refractivity contribution in [1.82, 2.24) is 4.90 Å². The van der Waals surface area contributed by atoms with E-state index < -0.39 is 0 Å². The second-order valence-electron chi connectivity index (χ2n) is 2.24. The molecule has 0 amide bonds. The van der Waals surface area contributed by atoms with Gasteiger partial charge in [-0.2, -0.15) is 0 Å². The number of nitrogens with zero attached hydrogens (tertiary/aromatic N) is 1. The van der Waals surface area contributed by atoms with Gasteiger partial charge in [-0.3, -0.25) is 4.90 Å².